The average Bonchev–Trinajstić information content (AvgIpc) is 3.27. The molecule has 16 heteroatoms. The molecular weight excluding hydrogens is 589 g/mol. The number of carboxylic acids is 1. The molecule has 3 aliphatic rings. The van der Waals surface area contributed by atoms with E-state index in [1.807, 2.05) is 4.90 Å². The van der Waals surface area contributed by atoms with Gasteiger partial charge in [0, 0.05) is 45.0 Å². The van der Waals surface area contributed by atoms with Crippen LogP contribution in [0.5, 0.6) is 0 Å². The van der Waals surface area contributed by atoms with Crippen molar-refractivity contribution in [2.75, 3.05) is 44.2 Å². The Bertz CT molecular complexity index is 1130. The van der Waals surface area contributed by atoms with Gasteiger partial charge in [0.05, 0.1) is 11.5 Å². The SMILES string of the molecule is O=C(O)C1CCN(c2ccc(CN3CCC4(CCN(C(=O)OC(C(F)(F)F)C(F)(F)F)CC4)C3)cc2C(F)(F)F)CC1. The van der Waals surface area contributed by atoms with Crippen molar-refractivity contribution in [2.24, 2.45) is 11.3 Å². The molecule has 0 aliphatic carbocycles. The highest BCUT2D eigenvalue weighted by Crippen LogP contribution is 2.43. The number of benzene rings is 1. The van der Waals surface area contributed by atoms with E-state index in [0.29, 0.717) is 37.9 Å². The lowest BCUT2D eigenvalue weighted by Gasteiger charge is -2.39. The lowest BCUT2D eigenvalue weighted by molar-refractivity contribution is -0.308. The molecule has 3 heterocycles. The molecular formula is C26H30F9N3O4. The minimum absolute atomic E-state index is 0.00877. The lowest BCUT2D eigenvalue weighted by atomic mass is 9.78. The fourth-order valence-electron chi connectivity index (χ4n) is 6.04. The summed E-state index contributed by atoms with van der Waals surface area (Å²) in [6.45, 7) is 1.30. The Kier molecular flexibility index (Phi) is 8.87. The average molecular weight is 620 g/mol. The molecule has 1 N–H and O–H groups in total. The molecule has 0 aromatic heterocycles. The second kappa shape index (κ2) is 11.6. The Morgan fingerprint density at radius 2 is 1.48 bits per heavy atom. The molecule has 236 valence electrons. The first kappa shape index (κ1) is 32.0. The van der Waals surface area contributed by atoms with E-state index in [4.69, 9.17) is 5.11 Å². The van der Waals surface area contributed by atoms with Crippen molar-refractivity contribution >= 4 is 17.7 Å². The molecule has 1 aromatic rings. The monoisotopic (exact) mass is 619 g/mol. The van der Waals surface area contributed by atoms with E-state index in [-0.39, 0.29) is 56.7 Å². The van der Waals surface area contributed by atoms with Gasteiger partial charge in [0.2, 0.25) is 0 Å². The first-order valence-corrected chi connectivity index (χ1v) is 13.4. The number of carboxylic acid groups (broad SMARTS) is 1. The number of halogens is 9. The number of piperidine rings is 2. The van der Waals surface area contributed by atoms with E-state index in [2.05, 4.69) is 4.74 Å². The summed E-state index contributed by atoms with van der Waals surface area (Å²) in [5.41, 5.74) is -0.795. The molecule has 0 bridgehead atoms. The Balaban J connectivity index is 1.36. The number of rotatable bonds is 5. The molecule has 1 aromatic carbocycles. The van der Waals surface area contributed by atoms with Crippen LogP contribution >= 0.6 is 0 Å². The summed E-state index contributed by atoms with van der Waals surface area (Å²) in [4.78, 5) is 27.6. The van der Waals surface area contributed by atoms with Gasteiger partial charge in [-0.05, 0) is 61.8 Å². The zero-order valence-electron chi connectivity index (χ0n) is 22.3. The number of carbonyl (C=O) groups is 2. The van der Waals surface area contributed by atoms with Crippen LogP contribution < -0.4 is 4.90 Å². The number of anilines is 1. The minimum Gasteiger partial charge on any atom is -0.481 e. The molecule has 7 nitrogen and oxygen atoms in total. The van der Waals surface area contributed by atoms with Gasteiger partial charge in [-0.1, -0.05) is 6.07 Å². The normalized spacial score (nSPS) is 20.9. The summed E-state index contributed by atoms with van der Waals surface area (Å²) < 4.78 is 122. The van der Waals surface area contributed by atoms with E-state index >= 15 is 0 Å². The van der Waals surface area contributed by atoms with Crippen LogP contribution in [0.4, 0.5) is 50.0 Å². The number of carbonyl (C=O) groups excluding carboxylic acids is 1. The van der Waals surface area contributed by atoms with Crippen molar-refractivity contribution in [1.29, 1.82) is 0 Å². The van der Waals surface area contributed by atoms with Crippen LogP contribution in [0.2, 0.25) is 0 Å². The van der Waals surface area contributed by atoms with Gasteiger partial charge in [-0.15, -0.1) is 0 Å². The van der Waals surface area contributed by atoms with Crippen LogP contribution in [-0.4, -0.2) is 84.7 Å². The van der Waals surface area contributed by atoms with Gasteiger partial charge in [0.15, 0.2) is 0 Å². The maximum atomic E-state index is 14.0. The highest BCUT2D eigenvalue weighted by molar-refractivity contribution is 5.70. The molecule has 0 saturated carbocycles. The number of aliphatic carboxylic acids is 1. The lowest BCUT2D eigenvalue weighted by Crippen LogP contribution is -2.50. The van der Waals surface area contributed by atoms with E-state index in [1.165, 1.54) is 6.07 Å². The third-order valence-corrected chi connectivity index (χ3v) is 8.37. The van der Waals surface area contributed by atoms with Gasteiger partial charge in [-0.25, -0.2) is 4.79 Å². The van der Waals surface area contributed by atoms with Gasteiger partial charge in [-0.2, -0.15) is 39.5 Å². The van der Waals surface area contributed by atoms with Crippen LogP contribution in [-0.2, 0) is 22.3 Å². The third kappa shape index (κ3) is 7.35. The molecule has 3 aliphatic heterocycles. The van der Waals surface area contributed by atoms with Crippen LogP contribution in [0, 0.1) is 11.3 Å². The smallest absolute Gasteiger partial charge is 0.434 e. The van der Waals surface area contributed by atoms with Crippen molar-refractivity contribution < 1.29 is 58.9 Å². The topological polar surface area (TPSA) is 73.3 Å². The number of ether oxygens (including phenoxy) is 1. The highest BCUT2D eigenvalue weighted by atomic mass is 19.4. The van der Waals surface area contributed by atoms with Crippen molar-refractivity contribution in [3.05, 3.63) is 29.3 Å². The Hall–Kier alpha value is -2.91. The van der Waals surface area contributed by atoms with Crippen molar-refractivity contribution in [2.45, 2.75) is 63.3 Å². The predicted molar refractivity (Wildman–Crippen MR) is 130 cm³/mol. The summed E-state index contributed by atoms with van der Waals surface area (Å²) in [6.07, 6.45) is -20.5. The highest BCUT2D eigenvalue weighted by Gasteiger charge is 2.60. The maximum absolute atomic E-state index is 14.0. The zero-order chi connectivity index (χ0) is 31.1. The molecule has 0 unspecified atom stereocenters. The predicted octanol–water partition coefficient (Wildman–Crippen LogP) is 5.92. The fraction of sp³-hybridized carbons (Fsp3) is 0.692. The quantitative estimate of drug-likeness (QED) is 0.413. The third-order valence-electron chi connectivity index (χ3n) is 8.37. The summed E-state index contributed by atoms with van der Waals surface area (Å²) in [6, 6.07) is 4.07. The molecule has 1 amide bonds. The molecule has 3 fully saturated rings. The Morgan fingerprint density at radius 1 is 0.905 bits per heavy atom. The molecule has 4 rings (SSSR count). The van der Waals surface area contributed by atoms with Crippen LogP contribution in [0.15, 0.2) is 18.2 Å². The molecule has 0 radical (unpaired) electrons. The van der Waals surface area contributed by atoms with Gasteiger partial charge in [-0.3, -0.25) is 9.69 Å². The van der Waals surface area contributed by atoms with Gasteiger partial charge in [0.25, 0.3) is 6.10 Å². The maximum Gasteiger partial charge on any atom is 0.434 e. The fourth-order valence-corrected chi connectivity index (χ4v) is 6.04. The van der Waals surface area contributed by atoms with E-state index in [9.17, 15) is 49.1 Å². The standard InChI is InChI=1S/C26H30F9N3O4/c27-24(28,29)18-13-16(1-2-19(18)37-8-3-17(4-9-37)20(39)40)14-36-10-5-23(15-36)6-11-38(12-7-23)22(41)42-21(25(30,31)32)26(33,34)35/h1-2,13,17,21H,3-12,14-15H2,(H,39,40). The van der Waals surface area contributed by atoms with Gasteiger partial charge >= 0.3 is 30.6 Å². The van der Waals surface area contributed by atoms with Gasteiger partial charge in [0.1, 0.15) is 0 Å². The molecule has 1 spiro atoms. The first-order chi connectivity index (χ1) is 19.4. The Morgan fingerprint density at radius 3 is 2.00 bits per heavy atom. The second-order valence-corrected chi connectivity index (χ2v) is 11.2. The zero-order valence-corrected chi connectivity index (χ0v) is 22.3. The van der Waals surface area contributed by atoms with E-state index < -0.39 is 48.2 Å². The Labute approximate surface area is 235 Å². The first-order valence-electron chi connectivity index (χ1n) is 13.4. The van der Waals surface area contributed by atoms with E-state index in [0.717, 1.165) is 11.0 Å². The number of hydrogen-bond acceptors (Lipinski definition) is 5. The number of amides is 1. The summed E-state index contributed by atoms with van der Waals surface area (Å²) >= 11 is 0. The number of alkyl halides is 9. The molecule has 0 atom stereocenters. The number of hydrogen-bond donors (Lipinski definition) is 1. The van der Waals surface area contributed by atoms with E-state index in [1.54, 1.807) is 11.0 Å². The van der Waals surface area contributed by atoms with Crippen molar-refractivity contribution in [1.82, 2.24) is 9.80 Å². The van der Waals surface area contributed by atoms with Crippen LogP contribution in [0.25, 0.3) is 0 Å². The van der Waals surface area contributed by atoms with Crippen molar-refractivity contribution in [3.8, 4) is 0 Å². The number of nitrogens with zero attached hydrogens (tertiary/aromatic N) is 3. The second-order valence-electron chi connectivity index (χ2n) is 11.2. The number of likely N-dealkylation sites (tertiary alicyclic amines) is 2. The molecule has 3 saturated heterocycles. The summed E-state index contributed by atoms with van der Waals surface area (Å²) in [7, 11) is 0. The minimum atomic E-state index is -5.81. The largest absolute Gasteiger partial charge is 0.481 e. The van der Waals surface area contributed by atoms with Crippen molar-refractivity contribution in [3.63, 3.8) is 0 Å². The van der Waals surface area contributed by atoms with Gasteiger partial charge < -0.3 is 19.6 Å². The summed E-state index contributed by atoms with van der Waals surface area (Å²) in [5.74, 6) is -1.56. The van der Waals surface area contributed by atoms with Crippen LogP contribution in [0.3, 0.4) is 0 Å². The summed E-state index contributed by atoms with van der Waals surface area (Å²) in [5, 5.41) is 9.16. The van der Waals surface area contributed by atoms with Crippen LogP contribution in [0.1, 0.15) is 43.2 Å². The molecule has 42 heavy (non-hydrogen) atoms.